The van der Waals surface area contributed by atoms with Gasteiger partial charge in [-0.25, -0.2) is 9.59 Å². The van der Waals surface area contributed by atoms with Crippen LogP contribution in [-0.4, -0.2) is 25.2 Å². The predicted molar refractivity (Wildman–Crippen MR) is 96.6 cm³/mol. The van der Waals surface area contributed by atoms with Gasteiger partial charge in [0.2, 0.25) is 0 Å². The van der Waals surface area contributed by atoms with Crippen molar-refractivity contribution in [1.29, 1.82) is 0 Å². The molecule has 0 atom stereocenters. The third-order valence-corrected chi connectivity index (χ3v) is 4.06. The molecule has 0 aromatic rings. The summed E-state index contributed by atoms with van der Waals surface area (Å²) in [6, 6.07) is 0. The molecule has 5 heteroatoms. The first-order valence-corrected chi connectivity index (χ1v) is 9.68. The summed E-state index contributed by atoms with van der Waals surface area (Å²) in [5, 5.41) is 0. The third-order valence-electron chi connectivity index (χ3n) is 4.06. The monoisotopic (exact) mass is 354 g/mol. The van der Waals surface area contributed by atoms with Crippen molar-refractivity contribution in [2.24, 2.45) is 11.8 Å². The molecule has 5 nitrogen and oxygen atoms in total. The Hall–Kier alpha value is -1.52. The van der Waals surface area contributed by atoms with Crippen molar-refractivity contribution in [3.8, 4) is 0 Å². The van der Waals surface area contributed by atoms with Crippen LogP contribution in [-0.2, 0) is 23.8 Å². The standard InChI is InChI=1S/C20H34O5/c1-15(2)11-7-5-9-13-23-19(21)17-18(25-17)20(22)24-14-10-6-8-12-16(3)4/h15-16H,5-14H2,1-4H3. The van der Waals surface area contributed by atoms with E-state index in [1.54, 1.807) is 0 Å². The summed E-state index contributed by atoms with van der Waals surface area (Å²) in [7, 11) is 0. The molecule has 0 aliphatic carbocycles. The molecule has 0 bridgehead atoms. The zero-order valence-electron chi connectivity index (χ0n) is 16.3. The molecule has 0 aromatic heterocycles. The Kier molecular flexibility index (Phi) is 10.3. The Morgan fingerprint density at radius 1 is 0.720 bits per heavy atom. The van der Waals surface area contributed by atoms with Crippen LogP contribution in [0.3, 0.4) is 0 Å². The van der Waals surface area contributed by atoms with Crippen molar-refractivity contribution in [3.05, 3.63) is 11.5 Å². The van der Waals surface area contributed by atoms with Crippen molar-refractivity contribution in [2.45, 2.75) is 79.1 Å². The molecule has 1 aliphatic heterocycles. The molecule has 1 heterocycles. The highest BCUT2D eigenvalue weighted by atomic mass is 16.6. The van der Waals surface area contributed by atoms with Crippen molar-refractivity contribution >= 4 is 11.9 Å². The van der Waals surface area contributed by atoms with E-state index >= 15 is 0 Å². The molecular formula is C20H34O5. The predicted octanol–water partition coefficient (Wildman–Crippen LogP) is 4.75. The van der Waals surface area contributed by atoms with Crippen molar-refractivity contribution in [3.63, 3.8) is 0 Å². The summed E-state index contributed by atoms with van der Waals surface area (Å²) in [6.45, 7) is 9.52. The van der Waals surface area contributed by atoms with Gasteiger partial charge in [0.1, 0.15) is 0 Å². The first-order chi connectivity index (χ1) is 11.9. The molecule has 25 heavy (non-hydrogen) atoms. The maximum Gasteiger partial charge on any atom is 0.378 e. The van der Waals surface area contributed by atoms with E-state index < -0.39 is 11.9 Å². The number of hydrogen-bond acceptors (Lipinski definition) is 5. The fraction of sp³-hybridized carbons (Fsp3) is 0.800. The van der Waals surface area contributed by atoms with Crippen LogP contribution in [0.15, 0.2) is 11.5 Å². The second-order valence-corrected chi connectivity index (χ2v) is 7.52. The van der Waals surface area contributed by atoms with Crippen molar-refractivity contribution in [2.75, 3.05) is 13.2 Å². The summed E-state index contributed by atoms with van der Waals surface area (Å²) in [6.07, 6.45) is 8.41. The van der Waals surface area contributed by atoms with Crippen LogP contribution < -0.4 is 0 Å². The number of esters is 2. The van der Waals surface area contributed by atoms with E-state index in [1.165, 1.54) is 12.8 Å². The second kappa shape index (κ2) is 11.9. The zero-order valence-corrected chi connectivity index (χ0v) is 16.3. The van der Waals surface area contributed by atoms with Crippen molar-refractivity contribution in [1.82, 2.24) is 0 Å². The van der Waals surface area contributed by atoms with E-state index in [2.05, 4.69) is 27.7 Å². The Bertz CT molecular complexity index is 411. The Morgan fingerprint density at radius 2 is 1.12 bits per heavy atom. The minimum absolute atomic E-state index is 0.00647. The quantitative estimate of drug-likeness (QED) is 0.333. The SMILES string of the molecule is CC(C)CCCCCOC(=O)C1=C(C(=O)OCCCCCC(C)C)O1. The van der Waals surface area contributed by atoms with E-state index in [9.17, 15) is 9.59 Å². The lowest BCUT2D eigenvalue weighted by Gasteiger charge is -2.04. The molecule has 0 fully saturated rings. The number of unbranched alkanes of at least 4 members (excludes halogenated alkanes) is 4. The topological polar surface area (TPSA) is 65.1 Å². The molecule has 1 aliphatic rings. The Morgan fingerprint density at radius 3 is 1.48 bits per heavy atom. The number of carbonyl (C=O) groups is 2. The second-order valence-electron chi connectivity index (χ2n) is 7.52. The Balaban J connectivity index is 2.07. The largest absolute Gasteiger partial charge is 0.460 e. The molecule has 0 radical (unpaired) electrons. The van der Waals surface area contributed by atoms with E-state index in [1.807, 2.05) is 0 Å². The van der Waals surface area contributed by atoms with Gasteiger partial charge in [0.15, 0.2) is 0 Å². The fourth-order valence-electron chi connectivity index (χ4n) is 2.47. The zero-order chi connectivity index (χ0) is 18.7. The van der Waals surface area contributed by atoms with Crippen LogP contribution in [0.4, 0.5) is 0 Å². The van der Waals surface area contributed by atoms with Crippen LogP contribution in [0.2, 0.25) is 0 Å². The van der Waals surface area contributed by atoms with Crippen molar-refractivity contribution < 1.29 is 23.8 Å². The van der Waals surface area contributed by atoms with Gasteiger partial charge in [-0.3, -0.25) is 0 Å². The van der Waals surface area contributed by atoms with Gasteiger partial charge in [-0.05, 0) is 24.7 Å². The van der Waals surface area contributed by atoms with Gasteiger partial charge in [-0.15, -0.1) is 0 Å². The smallest absolute Gasteiger partial charge is 0.378 e. The molecule has 0 unspecified atom stereocenters. The van der Waals surface area contributed by atoms with Gasteiger partial charge in [0.25, 0.3) is 11.5 Å². The van der Waals surface area contributed by atoms with E-state index in [0.717, 1.165) is 38.5 Å². The van der Waals surface area contributed by atoms with Gasteiger partial charge in [0.05, 0.1) is 13.2 Å². The summed E-state index contributed by atoms with van der Waals surface area (Å²) < 4.78 is 15.2. The molecule has 0 saturated heterocycles. The summed E-state index contributed by atoms with van der Waals surface area (Å²) in [4.78, 5) is 23.5. The maximum absolute atomic E-state index is 11.7. The van der Waals surface area contributed by atoms with Gasteiger partial charge in [0, 0.05) is 0 Å². The minimum Gasteiger partial charge on any atom is -0.460 e. The lowest BCUT2D eigenvalue weighted by molar-refractivity contribution is -0.140. The summed E-state index contributed by atoms with van der Waals surface area (Å²) in [5.74, 6) is 0.298. The highest BCUT2D eigenvalue weighted by Crippen LogP contribution is 2.28. The van der Waals surface area contributed by atoms with Crippen LogP contribution in [0.1, 0.15) is 79.1 Å². The van der Waals surface area contributed by atoms with Gasteiger partial charge >= 0.3 is 11.9 Å². The number of hydrogen-bond donors (Lipinski definition) is 0. The minimum atomic E-state index is -0.562. The number of carbonyl (C=O) groups excluding carboxylic acids is 2. The average molecular weight is 354 g/mol. The lowest BCUT2D eigenvalue weighted by Crippen LogP contribution is -2.06. The highest BCUT2D eigenvalue weighted by molar-refractivity contribution is 6.03. The summed E-state index contributed by atoms with van der Waals surface area (Å²) >= 11 is 0. The van der Waals surface area contributed by atoms with Crippen LogP contribution in [0, 0.1) is 11.8 Å². The fourth-order valence-corrected chi connectivity index (χ4v) is 2.47. The van der Waals surface area contributed by atoms with Crippen LogP contribution >= 0.6 is 0 Å². The van der Waals surface area contributed by atoms with E-state index in [0.29, 0.717) is 25.0 Å². The summed E-state index contributed by atoms with van der Waals surface area (Å²) in [5.41, 5.74) is 0. The lowest BCUT2D eigenvalue weighted by atomic mass is 10.1. The van der Waals surface area contributed by atoms with E-state index in [4.69, 9.17) is 14.2 Å². The molecule has 144 valence electrons. The number of rotatable bonds is 14. The Labute approximate surface area is 152 Å². The molecule has 0 amide bonds. The number of ether oxygens (including phenoxy) is 3. The molecule has 0 saturated carbocycles. The van der Waals surface area contributed by atoms with E-state index in [-0.39, 0.29) is 11.5 Å². The molecule has 1 rings (SSSR count). The molecule has 0 spiro atoms. The maximum atomic E-state index is 11.7. The molecular weight excluding hydrogens is 320 g/mol. The first kappa shape index (κ1) is 21.5. The van der Waals surface area contributed by atoms with Crippen LogP contribution in [0.25, 0.3) is 0 Å². The van der Waals surface area contributed by atoms with Gasteiger partial charge < -0.3 is 14.2 Å². The van der Waals surface area contributed by atoms with Gasteiger partial charge in [-0.1, -0.05) is 66.2 Å². The average Bonchev–Trinajstić information content (AvgIpc) is 3.33. The van der Waals surface area contributed by atoms with Gasteiger partial charge in [-0.2, -0.15) is 0 Å². The third kappa shape index (κ3) is 10.1. The normalized spacial score (nSPS) is 13.2. The molecule has 0 aromatic carbocycles. The molecule has 0 N–H and O–H groups in total. The highest BCUT2D eigenvalue weighted by Gasteiger charge is 2.40. The van der Waals surface area contributed by atoms with Crippen LogP contribution in [0.5, 0.6) is 0 Å². The first-order valence-electron chi connectivity index (χ1n) is 9.68.